The van der Waals surface area contributed by atoms with E-state index in [9.17, 15) is 0 Å². The zero-order valence-corrected chi connectivity index (χ0v) is 7.33. The summed E-state index contributed by atoms with van der Waals surface area (Å²) in [7, 11) is 0. The molecule has 0 aromatic heterocycles. The number of hydrogen-bond acceptors (Lipinski definition) is 1. The SMILES string of the molecule is CC/C=C/Cc1cccc(O)c1. The van der Waals surface area contributed by atoms with E-state index in [1.807, 2.05) is 12.1 Å². The van der Waals surface area contributed by atoms with Crippen LogP contribution in [0.3, 0.4) is 0 Å². The Morgan fingerprint density at radius 3 is 2.83 bits per heavy atom. The van der Waals surface area contributed by atoms with Gasteiger partial charge in [-0.15, -0.1) is 0 Å². The first-order valence-corrected chi connectivity index (χ1v) is 4.26. The van der Waals surface area contributed by atoms with Crippen LogP contribution < -0.4 is 0 Å². The standard InChI is InChI=1S/C11H14O/c1-2-3-4-6-10-7-5-8-11(12)9-10/h3-5,7-9,12H,2,6H2,1H3/b4-3+. The summed E-state index contributed by atoms with van der Waals surface area (Å²) in [6, 6.07) is 7.36. The molecular weight excluding hydrogens is 148 g/mol. The predicted octanol–water partition coefficient (Wildman–Crippen LogP) is 2.90. The number of aromatic hydroxyl groups is 1. The molecule has 0 atom stereocenters. The van der Waals surface area contributed by atoms with Crippen molar-refractivity contribution in [2.75, 3.05) is 0 Å². The van der Waals surface area contributed by atoms with Crippen LogP contribution in [-0.4, -0.2) is 5.11 Å². The second-order valence-corrected chi connectivity index (χ2v) is 2.75. The monoisotopic (exact) mass is 162 g/mol. The van der Waals surface area contributed by atoms with Gasteiger partial charge in [-0.05, 0) is 30.5 Å². The van der Waals surface area contributed by atoms with Gasteiger partial charge in [0.05, 0.1) is 0 Å². The Bertz CT molecular complexity index is 263. The molecule has 1 aromatic carbocycles. The maximum atomic E-state index is 9.15. The summed E-state index contributed by atoms with van der Waals surface area (Å²) < 4.78 is 0. The number of phenolic OH excluding ortho intramolecular Hbond substituents is 1. The van der Waals surface area contributed by atoms with Crippen LogP contribution in [0.2, 0.25) is 0 Å². The van der Waals surface area contributed by atoms with Gasteiger partial charge in [-0.25, -0.2) is 0 Å². The van der Waals surface area contributed by atoms with E-state index in [0.717, 1.165) is 18.4 Å². The highest BCUT2D eigenvalue weighted by atomic mass is 16.3. The molecule has 0 unspecified atom stereocenters. The molecule has 0 radical (unpaired) electrons. The van der Waals surface area contributed by atoms with Gasteiger partial charge in [0.2, 0.25) is 0 Å². The van der Waals surface area contributed by atoms with Crippen molar-refractivity contribution in [3.05, 3.63) is 42.0 Å². The summed E-state index contributed by atoms with van der Waals surface area (Å²) in [6.07, 6.45) is 6.22. The van der Waals surface area contributed by atoms with Gasteiger partial charge in [-0.2, -0.15) is 0 Å². The van der Waals surface area contributed by atoms with Crippen LogP contribution in [0.1, 0.15) is 18.9 Å². The van der Waals surface area contributed by atoms with Crippen molar-refractivity contribution >= 4 is 0 Å². The summed E-state index contributed by atoms with van der Waals surface area (Å²) in [4.78, 5) is 0. The third-order valence-corrected chi connectivity index (χ3v) is 1.67. The van der Waals surface area contributed by atoms with Crippen LogP contribution in [-0.2, 0) is 6.42 Å². The van der Waals surface area contributed by atoms with Crippen LogP contribution in [0, 0.1) is 0 Å². The first-order valence-electron chi connectivity index (χ1n) is 4.26. The maximum absolute atomic E-state index is 9.15. The first kappa shape index (κ1) is 8.85. The van der Waals surface area contributed by atoms with Gasteiger partial charge in [0.15, 0.2) is 0 Å². The average Bonchev–Trinajstić information content (AvgIpc) is 2.05. The van der Waals surface area contributed by atoms with Gasteiger partial charge in [-0.1, -0.05) is 31.2 Å². The third-order valence-electron chi connectivity index (χ3n) is 1.67. The molecule has 1 nitrogen and oxygen atoms in total. The Balaban J connectivity index is 2.57. The first-order chi connectivity index (χ1) is 5.83. The highest BCUT2D eigenvalue weighted by molar-refractivity contribution is 5.28. The number of phenols is 1. The molecule has 0 heterocycles. The lowest BCUT2D eigenvalue weighted by molar-refractivity contribution is 0.474. The fraction of sp³-hybridized carbons (Fsp3) is 0.273. The molecule has 1 N–H and O–H groups in total. The average molecular weight is 162 g/mol. The van der Waals surface area contributed by atoms with Crippen molar-refractivity contribution in [1.82, 2.24) is 0 Å². The Hall–Kier alpha value is -1.24. The smallest absolute Gasteiger partial charge is 0.115 e. The fourth-order valence-corrected chi connectivity index (χ4v) is 1.07. The second-order valence-electron chi connectivity index (χ2n) is 2.75. The molecule has 1 rings (SSSR count). The van der Waals surface area contributed by atoms with E-state index in [1.54, 1.807) is 12.1 Å². The maximum Gasteiger partial charge on any atom is 0.115 e. The van der Waals surface area contributed by atoms with Gasteiger partial charge in [0.25, 0.3) is 0 Å². The van der Waals surface area contributed by atoms with E-state index in [4.69, 9.17) is 5.11 Å². The highest BCUT2D eigenvalue weighted by Gasteiger charge is 1.90. The summed E-state index contributed by atoms with van der Waals surface area (Å²) in [5.41, 5.74) is 1.15. The number of benzene rings is 1. The van der Waals surface area contributed by atoms with Crippen molar-refractivity contribution < 1.29 is 5.11 Å². The minimum atomic E-state index is 0.345. The number of allylic oxidation sites excluding steroid dienone is 2. The normalized spacial score (nSPS) is 10.8. The quantitative estimate of drug-likeness (QED) is 0.677. The second kappa shape index (κ2) is 4.60. The largest absolute Gasteiger partial charge is 0.508 e. The Kier molecular flexibility index (Phi) is 3.39. The Morgan fingerprint density at radius 2 is 2.17 bits per heavy atom. The van der Waals surface area contributed by atoms with Crippen LogP contribution in [0.4, 0.5) is 0 Å². The summed E-state index contributed by atoms with van der Waals surface area (Å²) in [5, 5.41) is 9.15. The molecule has 0 aliphatic rings. The molecule has 64 valence electrons. The minimum absolute atomic E-state index is 0.345. The Morgan fingerprint density at radius 1 is 1.33 bits per heavy atom. The third kappa shape index (κ3) is 2.79. The van der Waals surface area contributed by atoms with Crippen LogP contribution in [0.15, 0.2) is 36.4 Å². The van der Waals surface area contributed by atoms with Gasteiger partial charge < -0.3 is 5.11 Å². The van der Waals surface area contributed by atoms with Crippen molar-refractivity contribution in [1.29, 1.82) is 0 Å². The summed E-state index contributed by atoms with van der Waals surface area (Å²) in [5.74, 6) is 0.345. The van der Waals surface area contributed by atoms with Gasteiger partial charge >= 0.3 is 0 Å². The molecule has 0 spiro atoms. The molecule has 0 fully saturated rings. The van der Waals surface area contributed by atoms with Crippen molar-refractivity contribution in [3.63, 3.8) is 0 Å². The van der Waals surface area contributed by atoms with E-state index in [-0.39, 0.29) is 0 Å². The Labute approximate surface area is 73.4 Å². The fourth-order valence-electron chi connectivity index (χ4n) is 1.07. The lowest BCUT2D eigenvalue weighted by atomic mass is 10.1. The molecule has 0 bridgehead atoms. The van der Waals surface area contributed by atoms with Crippen LogP contribution in [0.5, 0.6) is 5.75 Å². The topological polar surface area (TPSA) is 20.2 Å². The van der Waals surface area contributed by atoms with Crippen molar-refractivity contribution in [2.24, 2.45) is 0 Å². The molecule has 0 saturated carbocycles. The lowest BCUT2D eigenvalue weighted by Crippen LogP contribution is -1.78. The van der Waals surface area contributed by atoms with Gasteiger partial charge in [-0.3, -0.25) is 0 Å². The van der Waals surface area contributed by atoms with Crippen molar-refractivity contribution in [2.45, 2.75) is 19.8 Å². The zero-order valence-electron chi connectivity index (χ0n) is 7.33. The predicted molar refractivity (Wildman–Crippen MR) is 51.2 cm³/mol. The molecule has 1 heteroatoms. The zero-order chi connectivity index (χ0) is 8.81. The molecule has 12 heavy (non-hydrogen) atoms. The van der Waals surface area contributed by atoms with Gasteiger partial charge in [0, 0.05) is 0 Å². The number of rotatable bonds is 3. The molecule has 1 aromatic rings. The summed E-state index contributed by atoms with van der Waals surface area (Å²) >= 11 is 0. The molecule has 0 amide bonds. The molecular formula is C11H14O. The highest BCUT2D eigenvalue weighted by Crippen LogP contribution is 2.11. The lowest BCUT2D eigenvalue weighted by Gasteiger charge is -1.96. The van der Waals surface area contributed by atoms with Crippen LogP contribution >= 0.6 is 0 Å². The molecule has 0 aliphatic heterocycles. The van der Waals surface area contributed by atoms with E-state index in [1.165, 1.54) is 0 Å². The van der Waals surface area contributed by atoms with E-state index in [0.29, 0.717) is 5.75 Å². The summed E-state index contributed by atoms with van der Waals surface area (Å²) in [6.45, 7) is 2.11. The van der Waals surface area contributed by atoms with Gasteiger partial charge in [0.1, 0.15) is 5.75 Å². The minimum Gasteiger partial charge on any atom is -0.508 e. The molecule has 0 aliphatic carbocycles. The van der Waals surface area contributed by atoms with E-state index < -0.39 is 0 Å². The molecule has 0 saturated heterocycles. The van der Waals surface area contributed by atoms with E-state index >= 15 is 0 Å². The van der Waals surface area contributed by atoms with Crippen LogP contribution in [0.25, 0.3) is 0 Å². The van der Waals surface area contributed by atoms with E-state index in [2.05, 4.69) is 19.1 Å². The van der Waals surface area contributed by atoms with Crippen molar-refractivity contribution in [3.8, 4) is 5.75 Å². The number of hydrogen-bond donors (Lipinski definition) is 1.